The summed E-state index contributed by atoms with van der Waals surface area (Å²) >= 11 is 0. The lowest BCUT2D eigenvalue weighted by Crippen LogP contribution is -2.44. The van der Waals surface area contributed by atoms with E-state index in [-0.39, 0.29) is 18.2 Å². The number of benzene rings is 2. The maximum Gasteiger partial charge on any atom is 0.272 e. The number of carbonyl (C=O) groups excluding carboxylic acids is 2. The normalized spacial score (nSPS) is 13.0. The molecule has 25 heavy (non-hydrogen) atoms. The molecule has 1 heterocycles. The highest BCUT2D eigenvalue weighted by Gasteiger charge is 2.27. The molecule has 2 aromatic rings. The highest BCUT2D eigenvalue weighted by molar-refractivity contribution is 6.10. The highest BCUT2D eigenvalue weighted by atomic mass is 19.1. The van der Waals surface area contributed by atoms with Crippen molar-refractivity contribution in [2.45, 2.75) is 0 Å². The van der Waals surface area contributed by atoms with Gasteiger partial charge in [-0.3, -0.25) is 24.6 Å². The van der Waals surface area contributed by atoms with E-state index >= 15 is 0 Å². The Hall–Kier alpha value is -3.49. The van der Waals surface area contributed by atoms with E-state index in [9.17, 15) is 24.1 Å². The van der Waals surface area contributed by atoms with E-state index < -0.39 is 28.9 Å². The molecule has 1 aliphatic heterocycles. The molecule has 0 radical (unpaired) electrons. The van der Waals surface area contributed by atoms with Crippen LogP contribution < -0.4 is 15.0 Å². The molecule has 9 heteroatoms. The highest BCUT2D eigenvalue weighted by Crippen LogP contribution is 2.29. The number of halogens is 1. The molecule has 128 valence electrons. The molecule has 1 N–H and O–H groups in total. The minimum absolute atomic E-state index is 0.179. The number of ether oxygens (including phenoxy) is 1. The fraction of sp³-hybridized carbons (Fsp3) is 0.125. The molecular formula is C16H12FN3O5. The van der Waals surface area contributed by atoms with Crippen LogP contribution >= 0.6 is 0 Å². The molecule has 0 aromatic heterocycles. The molecule has 1 aliphatic rings. The number of carbonyl (C=O) groups is 2. The van der Waals surface area contributed by atoms with Gasteiger partial charge in [0.25, 0.3) is 11.6 Å². The zero-order chi connectivity index (χ0) is 18.0. The van der Waals surface area contributed by atoms with E-state index in [4.69, 9.17) is 4.74 Å². The van der Waals surface area contributed by atoms with E-state index in [1.54, 1.807) is 24.3 Å². The maximum atomic E-state index is 13.8. The number of nitro groups is 1. The third-order valence-electron chi connectivity index (χ3n) is 3.55. The van der Waals surface area contributed by atoms with E-state index in [1.165, 1.54) is 4.90 Å². The average molecular weight is 345 g/mol. The Balaban J connectivity index is 1.73. The largest absolute Gasteiger partial charge is 0.481 e. The first-order valence-electron chi connectivity index (χ1n) is 7.21. The van der Waals surface area contributed by atoms with E-state index in [0.717, 1.165) is 12.1 Å². The monoisotopic (exact) mass is 345 g/mol. The zero-order valence-electron chi connectivity index (χ0n) is 12.8. The second-order valence-corrected chi connectivity index (χ2v) is 5.21. The summed E-state index contributed by atoms with van der Waals surface area (Å²) in [6.45, 7) is -0.696. The van der Waals surface area contributed by atoms with Gasteiger partial charge < -0.3 is 10.1 Å². The molecule has 0 saturated carbocycles. The summed E-state index contributed by atoms with van der Waals surface area (Å²) in [4.78, 5) is 35.1. The number of non-ortho nitro benzene ring substituents is 1. The van der Waals surface area contributed by atoms with Crippen molar-refractivity contribution in [2.24, 2.45) is 0 Å². The molecule has 0 fully saturated rings. The Bertz CT molecular complexity index is 871. The van der Waals surface area contributed by atoms with Crippen LogP contribution in [0.5, 0.6) is 5.75 Å². The number of hydrogen-bond acceptors (Lipinski definition) is 5. The van der Waals surface area contributed by atoms with Crippen LogP contribution in [0.25, 0.3) is 0 Å². The van der Waals surface area contributed by atoms with Crippen molar-refractivity contribution in [2.75, 3.05) is 23.4 Å². The Morgan fingerprint density at radius 2 is 2.08 bits per heavy atom. The molecule has 0 atom stereocenters. The minimum Gasteiger partial charge on any atom is -0.481 e. The van der Waals surface area contributed by atoms with Gasteiger partial charge in [0.15, 0.2) is 18.2 Å². The third kappa shape index (κ3) is 3.39. The average Bonchev–Trinajstić information content (AvgIpc) is 2.59. The van der Waals surface area contributed by atoms with Gasteiger partial charge >= 0.3 is 0 Å². The topological polar surface area (TPSA) is 102 Å². The maximum absolute atomic E-state index is 13.8. The minimum atomic E-state index is -0.946. The second kappa shape index (κ2) is 6.56. The summed E-state index contributed by atoms with van der Waals surface area (Å²) in [7, 11) is 0. The van der Waals surface area contributed by atoms with Crippen molar-refractivity contribution < 1.29 is 23.6 Å². The van der Waals surface area contributed by atoms with Crippen LogP contribution in [0.1, 0.15) is 0 Å². The summed E-state index contributed by atoms with van der Waals surface area (Å²) in [5, 5.41) is 13.2. The predicted octanol–water partition coefficient (Wildman–Crippen LogP) is 2.10. The Morgan fingerprint density at radius 1 is 1.32 bits per heavy atom. The SMILES string of the molecule is O=C1CN(C(=O)COc2ccc([N+](=O)[O-])cc2F)c2ccccc2N1. The first-order chi connectivity index (χ1) is 12.0. The zero-order valence-corrected chi connectivity index (χ0v) is 12.8. The lowest BCUT2D eigenvalue weighted by Gasteiger charge is -2.29. The molecule has 2 aromatic carbocycles. The van der Waals surface area contributed by atoms with E-state index in [1.807, 2.05) is 0 Å². The first kappa shape index (κ1) is 16.4. The quantitative estimate of drug-likeness (QED) is 0.675. The first-order valence-corrected chi connectivity index (χ1v) is 7.21. The van der Waals surface area contributed by atoms with Crippen LogP contribution in [0.2, 0.25) is 0 Å². The third-order valence-corrected chi connectivity index (χ3v) is 3.55. The summed E-state index contributed by atoms with van der Waals surface area (Å²) in [6, 6.07) is 9.62. The Morgan fingerprint density at radius 3 is 2.80 bits per heavy atom. The van der Waals surface area contributed by atoms with E-state index in [0.29, 0.717) is 17.4 Å². The summed E-state index contributed by atoms with van der Waals surface area (Å²) in [6.07, 6.45) is 0. The predicted molar refractivity (Wildman–Crippen MR) is 86.0 cm³/mol. The van der Waals surface area contributed by atoms with Gasteiger partial charge in [0, 0.05) is 6.07 Å². The van der Waals surface area contributed by atoms with Crippen molar-refractivity contribution in [1.29, 1.82) is 0 Å². The number of nitrogens with one attached hydrogen (secondary N) is 1. The number of fused-ring (bicyclic) bond motifs is 1. The van der Waals surface area contributed by atoms with Gasteiger partial charge in [-0.1, -0.05) is 12.1 Å². The standard InChI is InChI=1S/C16H12FN3O5/c17-11-7-10(20(23)24)5-6-14(11)25-9-16(22)19-8-15(21)18-12-3-1-2-4-13(12)19/h1-7H,8-9H2,(H,18,21). The van der Waals surface area contributed by atoms with Gasteiger partial charge in [-0.25, -0.2) is 4.39 Å². The van der Waals surface area contributed by atoms with Crippen molar-refractivity contribution in [1.82, 2.24) is 0 Å². The van der Waals surface area contributed by atoms with Crippen LogP contribution in [0.15, 0.2) is 42.5 Å². The van der Waals surface area contributed by atoms with Gasteiger partial charge in [-0.05, 0) is 18.2 Å². The molecule has 8 nitrogen and oxygen atoms in total. The van der Waals surface area contributed by atoms with Crippen molar-refractivity contribution in [3.05, 3.63) is 58.4 Å². The van der Waals surface area contributed by atoms with Crippen molar-refractivity contribution in [3.8, 4) is 5.75 Å². The van der Waals surface area contributed by atoms with Crippen molar-refractivity contribution >= 4 is 28.9 Å². The number of anilines is 2. The second-order valence-electron chi connectivity index (χ2n) is 5.21. The molecular weight excluding hydrogens is 333 g/mol. The number of rotatable bonds is 4. The van der Waals surface area contributed by atoms with Gasteiger partial charge in [0.05, 0.1) is 22.4 Å². The van der Waals surface area contributed by atoms with E-state index in [2.05, 4.69) is 5.32 Å². The van der Waals surface area contributed by atoms with Crippen LogP contribution in [0.3, 0.4) is 0 Å². The lowest BCUT2D eigenvalue weighted by molar-refractivity contribution is -0.385. The van der Waals surface area contributed by atoms with Crippen LogP contribution in [-0.2, 0) is 9.59 Å². The number of para-hydroxylation sites is 2. The Kier molecular flexibility index (Phi) is 4.29. The Labute approximate surface area is 141 Å². The smallest absolute Gasteiger partial charge is 0.272 e. The van der Waals surface area contributed by atoms with Crippen LogP contribution in [-0.4, -0.2) is 29.9 Å². The number of nitro benzene ring substituents is 1. The fourth-order valence-electron chi connectivity index (χ4n) is 2.39. The molecule has 0 saturated heterocycles. The molecule has 3 rings (SSSR count). The number of nitrogens with zero attached hydrogens (tertiary/aromatic N) is 2. The van der Waals surface area contributed by atoms with Crippen LogP contribution in [0.4, 0.5) is 21.5 Å². The lowest BCUT2D eigenvalue weighted by atomic mass is 10.2. The number of amides is 2. The molecule has 0 unspecified atom stereocenters. The summed E-state index contributed by atoms with van der Waals surface area (Å²) in [5.74, 6) is -2.12. The van der Waals surface area contributed by atoms with Gasteiger partial charge in [0.2, 0.25) is 5.91 Å². The van der Waals surface area contributed by atoms with Crippen LogP contribution in [0, 0.1) is 15.9 Å². The molecule has 0 aliphatic carbocycles. The number of hydrogen-bond donors (Lipinski definition) is 1. The van der Waals surface area contributed by atoms with Gasteiger partial charge in [-0.2, -0.15) is 0 Å². The van der Waals surface area contributed by atoms with Gasteiger partial charge in [0.1, 0.15) is 6.54 Å². The van der Waals surface area contributed by atoms with Crippen molar-refractivity contribution in [3.63, 3.8) is 0 Å². The summed E-state index contributed by atoms with van der Waals surface area (Å²) < 4.78 is 18.9. The van der Waals surface area contributed by atoms with Gasteiger partial charge in [-0.15, -0.1) is 0 Å². The molecule has 0 bridgehead atoms. The fourth-order valence-corrected chi connectivity index (χ4v) is 2.39. The molecule has 0 spiro atoms. The summed E-state index contributed by atoms with van der Waals surface area (Å²) in [5.41, 5.74) is 0.589. The molecule has 2 amide bonds.